The van der Waals surface area contributed by atoms with Crippen LogP contribution >= 0.6 is 0 Å². The van der Waals surface area contributed by atoms with Crippen LogP contribution in [0.2, 0.25) is 0 Å². The van der Waals surface area contributed by atoms with Gasteiger partial charge in [-0.15, -0.1) is 0 Å². The molecule has 1 aromatic carbocycles. The van der Waals surface area contributed by atoms with Crippen molar-refractivity contribution in [1.82, 2.24) is 4.98 Å². The highest BCUT2D eigenvalue weighted by Crippen LogP contribution is 2.23. The first-order valence-corrected chi connectivity index (χ1v) is 6.47. The normalized spacial score (nSPS) is 10.2. The van der Waals surface area contributed by atoms with Gasteiger partial charge in [0, 0.05) is 18.4 Å². The summed E-state index contributed by atoms with van der Waals surface area (Å²) < 4.78 is 0. The third-order valence-corrected chi connectivity index (χ3v) is 3.17. The SMILES string of the molecule is CCN(C(=O)c1ccncc1NN)c1ccccc1C. The highest BCUT2D eigenvalue weighted by atomic mass is 16.2. The second kappa shape index (κ2) is 6.16. The Labute approximate surface area is 118 Å². The summed E-state index contributed by atoms with van der Waals surface area (Å²) in [5, 5.41) is 0. The van der Waals surface area contributed by atoms with Crippen LogP contribution in [0, 0.1) is 6.92 Å². The summed E-state index contributed by atoms with van der Waals surface area (Å²) in [5.74, 6) is 5.34. The Morgan fingerprint density at radius 3 is 2.75 bits per heavy atom. The van der Waals surface area contributed by atoms with E-state index in [0.29, 0.717) is 17.8 Å². The van der Waals surface area contributed by atoms with Crippen molar-refractivity contribution in [1.29, 1.82) is 0 Å². The number of nitrogen functional groups attached to an aromatic ring is 1. The number of benzene rings is 1. The van der Waals surface area contributed by atoms with Gasteiger partial charge in [-0.25, -0.2) is 0 Å². The Morgan fingerprint density at radius 1 is 1.35 bits per heavy atom. The van der Waals surface area contributed by atoms with Crippen molar-refractivity contribution in [2.75, 3.05) is 16.9 Å². The average Bonchev–Trinajstić information content (AvgIpc) is 2.49. The number of pyridine rings is 1. The van der Waals surface area contributed by atoms with Crippen LogP contribution < -0.4 is 16.2 Å². The molecule has 0 aliphatic heterocycles. The summed E-state index contributed by atoms with van der Waals surface area (Å²) in [6.07, 6.45) is 3.12. The van der Waals surface area contributed by atoms with E-state index in [0.717, 1.165) is 11.3 Å². The molecule has 0 fully saturated rings. The predicted molar refractivity (Wildman–Crippen MR) is 80.6 cm³/mol. The predicted octanol–water partition coefficient (Wildman–Crippen LogP) is 2.34. The van der Waals surface area contributed by atoms with E-state index in [1.165, 1.54) is 0 Å². The van der Waals surface area contributed by atoms with Crippen molar-refractivity contribution in [2.45, 2.75) is 13.8 Å². The fourth-order valence-electron chi connectivity index (χ4n) is 2.13. The van der Waals surface area contributed by atoms with Crippen LogP contribution in [0.5, 0.6) is 0 Å². The molecule has 0 radical (unpaired) electrons. The van der Waals surface area contributed by atoms with Crippen LogP contribution in [0.4, 0.5) is 11.4 Å². The van der Waals surface area contributed by atoms with E-state index in [9.17, 15) is 4.79 Å². The van der Waals surface area contributed by atoms with Gasteiger partial charge in [0.1, 0.15) is 0 Å². The lowest BCUT2D eigenvalue weighted by Crippen LogP contribution is -2.32. The first-order chi connectivity index (χ1) is 9.69. The van der Waals surface area contributed by atoms with E-state index >= 15 is 0 Å². The molecule has 0 saturated heterocycles. The molecule has 2 rings (SSSR count). The third-order valence-electron chi connectivity index (χ3n) is 3.17. The molecule has 3 N–H and O–H groups in total. The molecule has 0 aliphatic rings. The lowest BCUT2D eigenvalue weighted by Gasteiger charge is -2.23. The molecule has 1 heterocycles. The molecule has 0 bridgehead atoms. The maximum absolute atomic E-state index is 12.7. The minimum absolute atomic E-state index is 0.0999. The van der Waals surface area contributed by atoms with E-state index in [4.69, 9.17) is 5.84 Å². The van der Waals surface area contributed by atoms with Gasteiger partial charge >= 0.3 is 0 Å². The zero-order chi connectivity index (χ0) is 14.5. The smallest absolute Gasteiger partial charge is 0.260 e. The molecule has 5 heteroatoms. The number of anilines is 2. The molecule has 104 valence electrons. The summed E-state index contributed by atoms with van der Waals surface area (Å²) in [6.45, 7) is 4.51. The summed E-state index contributed by atoms with van der Waals surface area (Å²) in [5.41, 5.74) is 5.49. The molecule has 0 atom stereocenters. The molecular formula is C15H18N4O. The van der Waals surface area contributed by atoms with Crippen molar-refractivity contribution in [3.8, 4) is 0 Å². The number of hydrazine groups is 1. The number of aromatic nitrogens is 1. The topological polar surface area (TPSA) is 71.2 Å². The van der Waals surface area contributed by atoms with Gasteiger partial charge in [-0.2, -0.15) is 0 Å². The van der Waals surface area contributed by atoms with Gasteiger partial charge in [-0.05, 0) is 31.5 Å². The van der Waals surface area contributed by atoms with Gasteiger partial charge in [0.2, 0.25) is 0 Å². The van der Waals surface area contributed by atoms with Crippen molar-refractivity contribution in [3.63, 3.8) is 0 Å². The zero-order valence-electron chi connectivity index (χ0n) is 11.6. The van der Waals surface area contributed by atoms with Crippen molar-refractivity contribution in [2.24, 2.45) is 5.84 Å². The minimum Gasteiger partial charge on any atom is -0.322 e. The second-order valence-corrected chi connectivity index (χ2v) is 4.40. The largest absolute Gasteiger partial charge is 0.322 e. The van der Waals surface area contributed by atoms with Gasteiger partial charge in [0.15, 0.2) is 0 Å². The number of para-hydroxylation sites is 1. The fraction of sp³-hybridized carbons (Fsp3) is 0.200. The second-order valence-electron chi connectivity index (χ2n) is 4.40. The Balaban J connectivity index is 2.42. The van der Waals surface area contributed by atoms with Crippen LogP contribution in [-0.2, 0) is 0 Å². The highest BCUT2D eigenvalue weighted by Gasteiger charge is 2.20. The van der Waals surface area contributed by atoms with Crippen molar-refractivity contribution < 1.29 is 4.79 Å². The van der Waals surface area contributed by atoms with Gasteiger partial charge in [-0.3, -0.25) is 15.6 Å². The first-order valence-electron chi connectivity index (χ1n) is 6.47. The first kappa shape index (κ1) is 14.0. The Morgan fingerprint density at radius 2 is 2.10 bits per heavy atom. The minimum atomic E-state index is -0.0999. The molecule has 1 aromatic heterocycles. The highest BCUT2D eigenvalue weighted by molar-refractivity contribution is 6.09. The fourth-order valence-corrected chi connectivity index (χ4v) is 2.13. The quantitative estimate of drug-likeness (QED) is 0.661. The van der Waals surface area contributed by atoms with E-state index in [1.807, 2.05) is 38.1 Å². The molecule has 0 saturated carbocycles. The number of amides is 1. The standard InChI is InChI=1S/C15H18N4O/c1-3-19(14-7-5-4-6-11(14)2)15(20)12-8-9-17-10-13(12)18-16/h4-10,18H,3,16H2,1-2H3. The summed E-state index contributed by atoms with van der Waals surface area (Å²) in [4.78, 5) is 18.4. The number of nitrogens with two attached hydrogens (primary N) is 1. The van der Waals surface area contributed by atoms with Crippen molar-refractivity contribution >= 4 is 17.3 Å². The number of carbonyl (C=O) groups is 1. The third kappa shape index (κ3) is 2.62. The van der Waals surface area contributed by atoms with Crippen LogP contribution in [-0.4, -0.2) is 17.4 Å². The number of hydrogen-bond acceptors (Lipinski definition) is 4. The van der Waals surface area contributed by atoms with Gasteiger partial charge < -0.3 is 10.3 Å². The Hall–Kier alpha value is -2.40. The molecule has 0 unspecified atom stereocenters. The molecule has 1 amide bonds. The number of aryl methyl sites for hydroxylation is 1. The molecule has 2 aromatic rings. The van der Waals surface area contributed by atoms with Crippen LogP contribution in [0.3, 0.4) is 0 Å². The van der Waals surface area contributed by atoms with Gasteiger partial charge in [0.05, 0.1) is 17.4 Å². The number of rotatable bonds is 4. The van der Waals surface area contributed by atoms with Crippen LogP contribution in [0.15, 0.2) is 42.7 Å². The number of nitrogens with zero attached hydrogens (tertiary/aromatic N) is 2. The molecule has 0 spiro atoms. The lowest BCUT2D eigenvalue weighted by molar-refractivity contribution is 0.0989. The Kier molecular flexibility index (Phi) is 4.32. The average molecular weight is 270 g/mol. The molecular weight excluding hydrogens is 252 g/mol. The summed E-state index contributed by atoms with van der Waals surface area (Å²) in [6, 6.07) is 9.47. The molecule has 0 aliphatic carbocycles. The van der Waals surface area contributed by atoms with E-state index in [-0.39, 0.29) is 5.91 Å². The molecule has 5 nitrogen and oxygen atoms in total. The summed E-state index contributed by atoms with van der Waals surface area (Å²) >= 11 is 0. The van der Waals surface area contributed by atoms with E-state index in [2.05, 4.69) is 10.4 Å². The van der Waals surface area contributed by atoms with Crippen LogP contribution in [0.1, 0.15) is 22.8 Å². The van der Waals surface area contributed by atoms with Gasteiger partial charge in [-0.1, -0.05) is 18.2 Å². The maximum atomic E-state index is 12.7. The van der Waals surface area contributed by atoms with Gasteiger partial charge in [0.25, 0.3) is 5.91 Å². The van der Waals surface area contributed by atoms with Crippen molar-refractivity contribution in [3.05, 3.63) is 53.9 Å². The Bertz CT molecular complexity index is 612. The lowest BCUT2D eigenvalue weighted by atomic mass is 10.1. The van der Waals surface area contributed by atoms with Crippen LogP contribution in [0.25, 0.3) is 0 Å². The molecule has 20 heavy (non-hydrogen) atoms. The monoisotopic (exact) mass is 270 g/mol. The number of hydrogen-bond donors (Lipinski definition) is 2. The maximum Gasteiger partial charge on any atom is 0.260 e. The summed E-state index contributed by atoms with van der Waals surface area (Å²) in [7, 11) is 0. The number of carbonyl (C=O) groups excluding carboxylic acids is 1. The van der Waals surface area contributed by atoms with E-state index in [1.54, 1.807) is 23.4 Å². The zero-order valence-corrected chi connectivity index (χ0v) is 11.6. The van der Waals surface area contributed by atoms with E-state index < -0.39 is 0 Å². The number of nitrogens with one attached hydrogen (secondary N) is 1.